The summed E-state index contributed by atoms with van der Waals surface area (Å²) in [5.41, 5.74) is 4.19. The Balaban J connectivity index is 1.89. The molecular weight excluding hydrogens is 542 g/mol. The summed E-state index contributed by atoms with van der Waals surface area (Å²) in [6.45, 7) is 3.85. The van der Waals surface area contributed by atoms with E-state index in [1.807, 2.05) is 48.7 Å². The number of benzene rings is 3. The van der Waals surface area contributed by atoms with E-state index in [2.05, 4.69) is 5.32 Å². The van der Waals surface area contributed by atoms with Crippen molar-refractivity contribution < 1.29 is 33.7 Å². The monoisotopic (exact) mass is 576 g/mol. The van der Waals surface area contributed by atoms with E-state index < -0.39 is 42.1 Å². The number of carboxylic acids is 1. The summed E-state index contributed by atoms with van der Waals surface area (Å²) in [6.07, 6.45) is -2.36. The van der Waals surface area contributed by atoms with E-state index in [-0.39, 0.29) is 25.3 Å². The third-order valence-electron chi connectivity index (χ3n) is 7.00. The van der Waals surface area contributed by atoms with Crippen LogP contribution in [0.15, 0.2) is 78.9 Å². The molecule has 1 aromatic heterocycles. The van der Waals surface area contributed by atoms with Gasteiger partial charge in [-0.15, -0.1) is 0 Å². The number of hydrogen-bond acceptors (Lipinski definition) is 4. The number of hydrogen-bond donors (Lipinski definition) is 4. The summed E-state index contributed by atoms with van der Waals surface area (Å²) in [5.74, 6) is -2.44. The number of carbonyl (C=O) groups excluding carboxylic acids is 1. The largest absolute Gasteiger partial charge is 0.481 e. The average molecular weight is 577 g/mol. The summed E-state index contributed by atoms with van der Waals surface area (Å²) in [6, 6.07) is 20.5. The summed E-state index contributed by atoms with van der Waals surface area (Å²) >= 11 is 0. The Morgan fingerprint density at radius 1 is 0.810 bits per heavy atom. The van der Waals surface area contributed by atoms with Gasteiger partial charge in [-0.25, -0.2) is 8.78 Å². The van der Waals surface area contributed by atoms with E-state index in [4.69, 9.17) is 5.11 Å². The number of carboxylic acid groups (broad SMARTS) is 1. The van der Waals surface area contributed by atoms with Gasteiger partial charge in [0.15, 0.2) is 0 Å². The Kier molecular flexibility index (Phi) is 9.88. The fourth-order valence-electron chi connectivity index (χ4n) is 5.23. The lowest BCUT2D eigenvalue weighted by Crippen LogP contribution is -2.22. The Morgan fingerprint density at radius 2 is 1.38 bits per heavy atom. The van der Waals surface area contributed by atoms with E-state index in [0.29, 0.717) is 33.8 Å². The smallest absolute Gasteiger partial charge is 0.305 e. The zero-order valence-corrected chi connectivity index (χ0v) is 23.4. The third kappa shape index (κ3) is 7.29. The van der Waals surface area contributed by atoms with Crippen molar-refractivity contribution in [3.8, 4) is 22.3 Å². The first-order valence-corrected chi connectivity index (χ1v) is 13.8. The molecule has 4 aromatic rings. The van der Waals surface area contributed by atoms with Crippen LogP contribution in [-0.2, 0) is 11.2 Å². The van der Waals surface area contributed by atoms with Crippen molar-refractivity contribution in [1.82, 2.24) is 4.57 Å². The van der Waals surface area contributed by atoms with Crippen molar-refractivity contribution in [3.63, 3.8) is 0 Å². The maximum absolute atomic E-state index is 14.0. The predicted octanol–water partition coefficient (Wildman–Crippen LogP) is 6.45. The van der Waals surface area contributed by atoms with E-state index >= 15 is 0 Å². The zero-order chi connectivity index (χ0) is 30.4. The quantitative estimate of drug-likeness (QED) is 0.155. The van der Waals surface area contributed by atoms with E-state index in [9.17, 15) is 28.6 Å². The first-order chi connectivity index (χ1) is 20.0. The van der Waals surface area contributed by atoms with Crippen LogP contribution in [0.5, 0.6) is 0 Å². The molecule has 2 atom stereocenters. The molecule has 1 unspecified atom stereocenters. The van der Waals surface area contributed by atoms with Gasteiger partial charge >= 0.3 is 5.97 Å². The molecule has 0 saturated heterocycles. The van der Waals surface area contributed by atoms with E-state index in [0.717, 1.165) is 5.56 Å². The molecule has 0 bridgehead atoms. The van der Waals surface area contributed by atoms with Crippen LogP contribution in [-0.4, -0.2) is 44.0 Å². The number of nitrogens with zero attached hydrogens (tertiary/aromatic N) is 1. The number of halogens is 2. The number of aromatic nitrogens is 1. The minimum absolute atomic E-state index is 0.121. The lowest BCUT2D eigenvalue weighted by atomic mass is 9.92. The van der Waals surface area contributed by atoms with Crippen molar-refractivity contribution in [2.24, 2.45) is 0 Å². The second-order valence-corrected chi connectivity index (χ2v) is 10.5. The molecule has 7 nitrogen and oxygen atoms in total. The molecule has 0 fully saturated rings. The standard InChI is InChI=1S/C33H34F2N2O5/c1-20(2)37-28(17-16-26(38)18-27(39)19-29(40)41)30(22-8-10-23(34)11-9-22)31(21-6-4-3-5-7-21)32(37)33(42)36-25-14-12-24(35)13-15-25/h3-15,20,26-27,38-39H,16-19H2,1-2H3,(H,36,42)(H,40,41)/t26?,27-/m1/s1. The molecule has 4 rings (SSSR count). The second-order valence-electron chi connectivity index (χ2n) is 10.5. The fourth-order valence-corrected chi connectivity index (χ4v) is 5.23. The van der Waals surface area contributed by atoms with Crippen LogP contribution in [0.3, 0.4) is 0 Å². The molecule has 4 N–H and O–H groups in total. The van der Waals surface area contributed by atoms with Crippen molar-refractivity contribution in [2.75, 3.05) is 5.32 Å². The van der Waals surface area contributed by atoms with Gasteiger partial charge in [-0.3, -0.25) is 9.59 Å². The third-order valence-corrected chi connectivity index (χ3v) is 7.00. The van der Waals surface area contributed by atoms with Crippen LogP contribution in [0.4, 0.5) is 14.5 Å². The van der Waals surface area contributed by atoms with Gasteiger partial charge in [-0.05, 0) is 80.6 Å². The molecular formula is C33H34F2N2O5. The topological polar surface area (TPSA) is 112 Å². The molecule has 3 aromatic carbocycles. The minimum atomic E-state index is -1.21. The fraction of sp³-hybridized carbons (Fsp3) is 0.273. The van der Waals surface area contributed by atoms with Gasteiger partial charge < -0.3 is 25.2 Å². The van der Waals surface area contributed by atoms with Crippen molar-refractivity contribution in [2.45, 2.75) is 57.8 Å². The summed E-state index contributed by atoms with van der Waals surface area (Å²) in [7, 11) is 0. The van der Waals surface area contributed by atoms with Gasteiger partial charge in [0, 0.05) is 28.6 Å². The predicted molar refractivity (Wildman–Crippen MR) is 157 cm³/mol. The number of nitrogens with one attached hydrogen (secondary N) is 1. The molecule has 0 aliphatic rings. The maximum Gasteiger partial charge on any atom is 0.305 e. The average Bonchev–Trinajstić information content (AvgIpc) is 3.29. The van der Waals surface area contributed by atoms with Crippen LogP contribution in [0.25, 0.3) is 22.3 Å². The first kappa shape index (κ1) is 30.6. The highest BCUT2D eigenvalue weighted by Gasteiger charge is 2.30. The second kappa shape index (κ2) is 13.5. The lowest BCUT2D eigenvalue weighted by Gasteiger charge is -2.20. The maximum atomic E-state index is 14.0. The van der Waals surface area contributed by atoms with Gasteiger partial charge in [-0.2, -0.15) is 0 Å². The normalized spacial score (nSPS) is 12.7. The van der Waals surface area contributed by atoms with Crippen LogP contribution in [0, 0.1) is 11.6 Å². The summed E-state index contributed by atoms with van der Waals surface area (Å²) in [4.78, 5) is 25.0. The van der Waals surface area contributed by atoms with E-state index in [1.54, 1.807) is 12.1 Å². The zero-order valence-electron chi connectivity index (χ0n) is 23.4. The molecule has 1 heterocycles. The van der Waals surface area contributed by atoms with Crippen molar-refractivity contribution in [1.29, 1.82) is 0 Å². The molecule has 0 spiro atoms. The molecule has 1 amide bonds. The molecule has 0 saturated carbocycles. The van der Waals surface area contributed by atoms with Crippen LogP contribution in [0.2, 0.25) is 0 Å². The highest BCUT2D eigenvalue weighted by molar-refractivity contribution is 6.11. The van der Waals surface area contributed by atoms with Gasteiger partial charge in [0.05, 0.1) is 18.6 Å². The Morgan fingerprint density at radius 3 is 1.95 bits per heavy atom. The molecule has 42 heavy (non-hydrogen) atoms. The van der Waals surface area contributed by atoms with Crippen molar-refractivity contribution >= 4 is 17.6 Å². The molecule has 0 radical (unpaired) electrons. The van der Waals surface area contributed by atoms with Crippen LogP contribution < -0.4 is 5.32 Å². The highest BCUT2D eigenvalue weighted by Crippen LogP contribution is 2.43. The number of aliphatic hydroxyl groups excluding tert-OH is 2. The number of aliphatic carboxylic acids is 1. The minimum Gasteiger partial charge on any atom is -0.481 e. The number of anilines is 1. The number of carbonyl (C=O) groups is 2. The Labute approximate surface area is 243 Å². The van der Waals surface area contributed by atoms with Crippen LogP contribution >= 0.6 is 0 Å². The molecule has 0 aliphatic carbocycles. The first-order valence-electron chi connectivity index (χ1n) is 13.8. The lowest BCUT2D eigenvalue weighted by molar-refractivity contribution is -0.139. The SMILES string of the molecule is CC(C)n1c(CCC(O)C[C@@H](O)CC(=O)O)c(-c2ccc(F)cc2)c(-c2ccccc2)c1C(=O)Nc1ccc(F)cc1. The number of amides is 1. The number of aliphatic hydroxyl groups is 2. The van der Waals surface area contributed by atoms with Gasteiger partial charge in [0.2, 0.25) is 0 Å². The molecule has 220 valence electrons. The number of rotatable bonds is 12. The Hall–Kier alpha value is -4.34. The van der Waals surface area contributed by atoms with Gasteiger partial charge in [-0.1, -0.05) is 42.5 Å². The summed E-state index contributed by atoms with van der Waals surface area (Å²) < 4.78 is 29.5. The van der Waals surface area contributed by atoms with Crippen LogP contribution in [0.1, 0.15) is 55.3 Å². The van der Waals surface area contributed by atoms with E-state index in [1.165, 1.54) is 36.4 Å². The Bertz CT molecular complexity index is 1520. The van der Waals surface area contributed by atoms with Crippen molar-refractivity contribution in [3.05, 3.63) is 102 Å². The molecule has 0 aliphatic heterocycles. The van der Waals surface area contributed by atoms with Gasteiger partial charge in [0.25, 0.3) is 5.91 Å². The van der Waals surface area contributed by atoms with Gasteiger partial charge in [0.1, 0.15) is 17.3 Å². The summed E-state index contributed by atoms with van der Waals surface area (Å²) in [5, 5.41) is 32.6. The molecule has 9 heteroatoms. The highest BCUT2D eigenvalue weighted by atomic mass is 19.1.